The minimum absolute atomic E-state index is 0.0239. The van der Waals surface area contributed by atoms with Gasteiger partial charge in [-0.05, 0) is 25.0 Å². The highest BCUT2D eigenvalue weighted by atomic mass is 16.2. The van der Waals surface area contributed by atoms with E-state index in [0.717, 1.165) is 38.3 Å². The molecule has 2 saturated heterocycles. The van der Waals surface area contributed by atoms with Gasteiger partial charge in [-0.2, -0.15) is 5.26 Å². The predicted molar refractivity (Wildman–Crippen MR) is 101 cm³/mol. The Morgan fingerprint density at radius 1 is 1.15 bits per heavy atom. The van der Waals surface area contributed by atoms with E-state index in [1.165, 1.54) is 0 Å². The van der Waals surface area contributed by atoms with Crippen molar-refractivity contribution in [3.8, 4) is 6.07 Å². The number of aromatic nitrogens is 1. The zero-order chi connectivity index (χ0) is 19.4. The fourth-order valence-electron chi connectivity index (χ4n) is 3.69. The highest BCUT2D eigenvalue weighted by molar-refractivity contribution is 5.81. The van der Waals surface area contributed by atoms with Crippen molar-refractivity contribution in [1.29, 1.82) is 5.26 Å². The molecule has 1 unspecified atom stereocenters. The van der Waals surface area contributed by atoms with E-state index in [4.69, 9.17) is 5.26 Å². The van der Waals surface area contributed by atoms with Crippen molar-refractivity contribution in [2.75, 3.05) is 58.3 Å². The highest BCUT2D eigenvalue weighted by Gasteiger charge is 2.33. The second-order valence-corrected chi connectivity index (χ2v) is 7.29. The van der Waals surface area contributed by atoms with Crippen LogP contribution in [0.2, 0.25) is 0 Å². The molecule has 2 aliphatic heterocycles. The van der Waals surface area contributed by atoms with E-state index < -0.39 is 0 Å². The quantitative estimate of drug-likeness (QED) is 0.775. The number of nitrogens with zero attached hydrogens (tertiary/aromatic N) is 6. The summed E-state index contributed by atoms with van der Waals surface area (Å²) in [5.74, 6) is 0.877. The van der Waals surface area contributed by atoms with E-state index in [9.17, 15) is 9.59 Å². The van der Waals surface area contributed by atoms with Gasteiger partial charge in [-0.3, -0.25) is 4.79 Å². The Morgan fingerprint density at radius 3 is 2.48 bits per heavy atom. The van der Waals surface area contributed by atoms with E-state index in [1.54, 1.807) is 36.2 Å². The van der Waals surface area contributed by atoms with Gasteiger partial charge in [0, 0.05) is 59.6 Å². The average molecular weight is 370 g/mol. The van der Waals surface area contributed by atoms with Crippen molar-refractivity contribution in [2.45, 2.75) is 12.8 Å². The number of hydrogen-bond acceptors (Lipinski definition) is 5. The monoisotopic (exact) mass is 370 g/mol. The topological polar surface area (TPSA) is 83.8 Å². The maximum absolute atomic E-state index is 12.9. The van der Waals surface area contributed by atoms with Crippen molar-refractivity contribution in [3.63, 3.8) is 0 Å². The smallest absolute Gasteiger partial charge is 0.319 e. The second kappa shape index (κ2) is 8.25. The molecular formula is C19H26N6O2. The molecule has 1 aromatic heterocycles. The molecule has 8 heteroatoms. The Balaban J connectivity index is 1.55. The normalized spacial score (nSPS) is 20.2. The number of carbonyl (C=O) groups is 2. The van der Waals surface area contributed by atoms with Gasteiger partial charge in [0.25, 0.3) is 0 Å². The zero-order valence-electron chi connectivity index (χ0n) is 16.0. The molecule has 0 radical (unpaired) electrons. The third-order valence-electron chi connectivity index (χ3n) is 5.22. The zero-order valence-corrected chi connectivity index (χ0v) is 16.0. The Kier molecular flexibility index (Phi) is 5.79. The Morgan fingerprint density at radius 2 is 1.89 bits per heavy atom. The SMILES string of the molecule is CN(C)C(=O)N1CCCC(C(=O)N2CCN(c3ccc(C#N)cn3)CC2)C1. The molecule has 0 bridgehead atoms. The van der Waals surface area contributed by atoms with Gasteiger partial charge in [0.15, 0.2) is 0 Å². The van der Waals surface area contributed by atoms with Gasteiger partial charge in [0.2, 0.25) is 5.91 Å². The number of likely N-dealkylation sites (tertiary alicyclic amines) is 1. The Hall–Kier alpha value is -2.82. The van der Waals surface area contributed by atoms with Crippen LogP contribution in [0.5, 0.6) is 0 Å². The minimum Gasteiger partial charge on any atom is -0.353 e. The van der Waals surface area contributed by atoms with E-state index in [-0.39, 0.29) is 17.9 Å². The highest BCUT2D eigenvalue weighted by Crippen LogP contribution is 2.21. The number of rotatable bonds is 2. The lowest BCUT2D eigenvalue weighted by atomic mass is 9.96. The lowest BCUT2D eigenvalue weighted by Gasteiger charge is -2.39. The van der Waals surface area contributed by atoms with Gasteiger partial charge in [-0.1, -0.05) is 0 Å². The van der Waals surface area contributed by atoms with Crippen molar-refractivity contribution in [2.24, 2.45) is 5.92 Å². The minimum atomic E-state index is -0.109. The number of amides is 3. The third-order valence-corrected chi connectivity index (χ3v) is 5.22. The lowest BCUT2D eigenvalue weighted by molar-refractivity contribution is -0.137. The largest absolute Gasteiger partial charge is 0.353 e. The van der Waals surface area contributed by atoms with Crippen LogP contribution in [-0.4, -0.2) is 85.0 Å². The van der Waals surface area contributed by atoms with Crippen molar-refractivity contribution in [3.05, 3.63) is 23.9 Å². The molecule has 1 atom stereocenters. The van der Waals surface area contributed by atoms with Crippen LogP contribution in [0.3, 0.4) is 0 Å². The molecule has 3 amide bonds. The third kappa shape index (κ3) is 4.30. The van der Waals surface area contributed by atoms with Crippen LogP contribution in [-0.2, 0) is 4.79 Å². The van der Waals surface area contributed by atoms with E-state index in [1.807, 2.05) is 11.0 Å². The number of hydrogen-bond donors (Lipinski definition) is 0. The van der Waals surface area contributed by atoms with Crippen LogP contribution in [0.25, 0.3) is 0 Å². The van der Waals surface area contributed by atoms with Crippen LogP contribution in [0.15, 0.2) is 18.3 Å². The number of anilines is 1. The summed E-state index contributed by atoms with van der Waals surface area (Å²) in [6, 6.07) is 5.66. The first kappa shape index (κ1) is 19.0. The van der Waals surface area contributed by atoms with Crippen molar-refractivity contribution in [1.82, 2.24) is 19.7 Å². The van der Waals surface area contributed by atoms with Crippen molar-refractivity contribution >= 4 is 17.8 Å². The van der Waals surface area contributed by atoms with Crippen molar-refractivity contribution < 1.29 is 9.59 Å². The first-order chi connectivity index (χ1) is 13.0. The van der Waals surface area contributed by atoms with Gasteiger partial charge >= 0.3 is 6.03 Å². The van der Waals surface area contributed by atoms with Crippen LogP contribution in [0, 0.1) is 17.2 Å². The predicted octanol–water partition coefficient (Wildman–Crippen LogP) is 0.995. The number of piperidine rings is 1. The van der Waals surface area contributed by atoms with Crippen LogP contribution >= 0.6 is 0 Å². The molecule has 27 heavy (non-hydrogen) atoms. The summed E-state index contributed by atoms with van der Waals surface area (Å²) in [6.07, 6.45) is 3.28. The van der Waals surface area contributed by atoms with Gasteiger partial charge in [0.05, 0.1) is 11.5 Å². The number of urea groups is 1. The van der Waals surface area contributed by atoms with Gasteiger partial charge in [0.1, 0.15) is 11.9 Å². The van der Waals surface area contributed by atoms with Gasteiger partial charge in [-0.15, -0.1) is 0 Å². The molecule has 0 aromatic carbocycles. The summed E-state index contributed by atoms with van der Waals surface area (Å²) in [7, 11) is 3.48. The molecule has 0 N–H and O–H groups in total. The summed E-state index contributed by atoms with van der Waals surface area (Å²) >= 11 is 0. The molecule has 0 saturated carbocycles. The molecule has 0 spiro atoms. The molecule has 8 nitrogen and oxygen atoms in total. The molecule has 2 fully saturated rings. The summed E-state index contributed by atoms with van der Waals surface area (Å²) in [6.45, 7) is 3.97. The van der Waals surface area contributed by atoms with Gasteiger partial charge in [-0.25, -0.2) is 9.78 Å². The number of carbonyl (C=O) groups excluding carboxylic acids is 2. The van der Waals surface area contributed by atoms with Crippen LogP contribution in [0.4, 0.5) is 10.6 Å². The standard InChI is InChI=1S/C19H26N6O2/c1-22(2)19(27)25-7-3-4-16(14-25)18(26)24-10-8-23(9-11-24)17-6-5-15(12-20)13-21-17/h5-6,13,16H,3-4,7-11,14H2,1-2H3. The maximum Gasteiger partial charge on any atom is 0.319 e. The first-order valence-electron chi connectivity index (χ1n) is 9.35. The molecular weight excluding hydrogens is 344 g/mol. The second-order valence-electron chi connectivity index (χ2n) is 7.29. The maximum atomic E-state index is 12.9. The summed E-state index contributed by atoms with van der Waals surface area (Å²) in [5, 5.41) is 8.87. The first-order valence-corrected chi connectivity index (χ1v) is 9.35. The molecule has 2 aliphatic rings. The Bertz CT molecular complexity index is 719. The number of pyridine rings is 1. The summed E-state index contributed by atoms with van der Waals surface area (Å²) in [4.78, 5) is 36.8. The molecule has 144 valence electrons. The van der Waals surface area contributed by atoms with E-state index >= 15 is 0 Å². The van der Waals surface area contributed by atoms with E-state index in [0.29, 0.717) is 25.2 Å². The molecule has 3 rings (SSSR count). The fraction of sp³-hybridized carbons (Fsp3) is 0.579. The van der Waals surface area contributed by atoms with Crippen LogP contribution in [0.1, 0.15) is 18.4 Å². The average Bonchev–Trinajstić information content (AvgIpc) is 2.73. The number of piperazine rings is 1. The fourth-order valence-corrected chi connectivity index (χ4v) is 3.69. The van der Waals surface area contributed by atoms with Gasteiger partial charge < -0.3 is 19.6 Å². The summed E-state index contributed by atoms with van der Waals surface area (Å²) in [5.41, 5.74) is 0.543. The molecule has 0 aliphatic carbocycles. The number of nitriles is 1. The molecule has 1 aromatic rings. The van der Waals surface area contributed by atoms with E-state index in [2.05, 4.69) is 16.0 Å². The van der Waals surface area contributed by atoms with Crippen LogP contribution < -0.4 is 4.90 Å². The summed E-state index contributed by atoms with van der Waals surface area (Å²) < 4.78 is 0. The lowest BCUT2D eigenvalue weighted by Crippen LogP contribution is -2.54. The Labute approximate surface area is 160 Å². The molecule has 3 heterocycles.